The van der Waals surface area contributed by atoms with Crippen LogP contribution in [-0.2, 0) is 10.2 Å². The highest BCUT2D eigenvalue weighted by Crippen LogP contribution is 2.23. The van der Waals surface area contributed by atoms with Gasteiger partial charge >= 0.3 is 5.97 Å². The minimum atomic E-state index is -0.762. The Kier molecular flexibility index (Phi) is 4.34. The third kappa shape index (κ3) is 3.83. The first-order valence-electron chi connectivity index (χ1n) is 7.34. The molecule has 2 N–H and O–H groups in total. The summed E-state index contributed by atoms with van der Waals surface area (Å²) in [5, 5.41) is 15.8. The molecule has 0 saturated carbocycles. The van der Waals surface area contributed by atoms with Gasteiger partial charge in [-0.1, -0.05) is 20.8 Å². The molecule has 2 rings (SSSR count). The minimum Gasteiger partial charge on any atom is -0.481 e. The quantitative estimate of drug-likeness (QED) is 0.893. The van der Waals surface area contributed by atoms with Crippen molar-refractivity contribution in [3.63, 3.8) is 0 Å². The second-order valence-corrected chi connectivity index (χ2v) is 6.75. The van der Waals surface area contributed by atoms with E-state index in [-0.39, 0.29) is 23.7 Å². The Morgan fingerprint density at radius 3 is 2.48 bits per heavy atom. The molecule has 1 aromatic heterocycles. The van der Waals surface area contributed by atoms with E-state index >= 15 is 0 Å². The summed E-state index contributed by atoms with van der Waals surface area (Å²) in [5.41, 5.74) is 1.31. The second kappa shape index (κ2) is 5.87. The highest BCUT2D eigenvalue weighted by molar-refractivity contribution is 5.92. The van der Waals surface area contributed by atoms with E-state index < -0.39 is 5.97 Å². The van der Waals surface area contributed by atoms with E-state index in [1.54, 1.807) is 4.90 Å². The van der Waals surface area contributed by atoms with Gasteiger partial charge in [0.1, 0.15) is 5.69 Å². The van der Waals surface area contributed by atoms with Gasteiger partial charge in [-0.05, 0) is 24.8 Å². The highest BCUT2D eigenvalue weighted by atomic mass is 16.4. The number of nitrogens with zero attached hydrogens (tertiary/aromatic N) is 2. The summed E-state index contributed by atoms with van der Waals surface area (Å²) in [4.78, 5) is 24.9. The first kappa shape index (κ1) is 15.5. The van der Waals surface area contributed by atoms with Gasteiger partial charge in [-0.2, -0.15) is 5.10 Å². The van der Waals surface area contributed by atoms with Crippen molar-refractivity contribution >= 4 is 11.9 Å². The third-order valence-electron chi connectivity index (χ3n) is 3.97. The van der Waals surface area contributed by atoms with Crippen molar-refractivity contribution in [1.82, 2.24) is 15.1 Å². The fraction of sp³-hybridized carbons (Fsp3) is 0.667. The molecule has 0 atom stereocenters. The molecular weight excluding hydrogens is 270 g/mol. The number of aromatic amines is 1. The number of rotatable bonds is 3. The van der Waals surface area contributed by atoms with E-state index in [2.05, 4.69) is 31.0 Å². The molecule has 0 spiro atoms. The summed E-state index contributed by atoms with van der Waals surface area (Å²) in [6.07, 6.45) is 1.68. The molecule has 6 heteroatoms. The predicted octanol–water partition coefficient (Wildman–Crippen LogP) is 2.03. The van der Waals surface area contributed by atoms with E-state index in [4.69, 9.17) is 5.11 Å². The van der Waals surface area contributed by atoms with Crippen molar-refractivity contribution in [2.24, 2.45) is 5.92 Å². The first-order valence-corrected chi connectivity index (χ1v) is 7.34. The van der Waals surface area contributed by atoms with Crippen molar-refractivity contribution < 1.29 is 14.7 Å². The summed E-state index contributed by atoms with van der Waals surface area (Å²) in [6, 6.07) is 1.81. The van der Waals surface area contributed by atoms with Crippen LogP contribution in [0.25, 0.3) is 0 Å². The molecule has 1 fully saturated rings. The zero-order valence-electron chi connectivity index (χ0n) is 12.8. The van der Waals surface area contributed by atoms with Crippen LogP contribution in [-0.4, -0.2) is 45.2 Å². The Morgan fingerprint density at radius 2 is 2.00 bits per heavy atom. The molecule has 1 saturated heterocycles. The van der Waals surface area contributed by atoms with Crippen LogP contribution in [0.3, 0.4) is 0 Å². The van der Waals surface area contributed by atoms with Gasteiger partial charge in [-0.3, -0.25) is 14.7 Å². The van der Waals surface area contributed by atoms with Crippen LogP contribution >= 0.6 is 0 Å². The molecule has 0 radical (unpaired) electrons. The molecule has 1 amide bonds. The number of carbonyl (C=O) groups excluding carboxylic acids is 1. The van der Waals surface area contributed by atoms with Crippen molar-refractivity contribution in [3.05, 3.63) is 17.5 Å². The number of H-pyrrole nitrogens is 1. The van der Waals surface area contributed by atoms with Crippen molar-refractivity contribution in [3.8, 4) is 0 Å². The minimum absolute atomic E-state index is 0.0694. The molecule has 21 heavy (non-hydrogen) atoms. The average Bonchev–Trinajstić information content (AvgIpc) is 2.87. The Labute approximate surface area is 124 Å². The molecule has 0 unspecified atom stereocenters. The number of aliphatic carboxylic acids is 1. The predicted molar refractivity (Wildman–Crippen MR) is 78.2 cm³/mol. The van der Waals surface area contributed by atoms with Gasteiger partial charge in [-0.15, -0.1) is 0 Å². The second-order valence-electron chi connectivity index (χ2n) is 6.75. The Hall–Kier alpha value is -1.85. The number of amides is 1. The maximum absolute atomic E-state index is 12.4. The maximum atomic E-state index is 12.4. The van der Waals surface area contributed by atoms with Crippen LogP contribution in [0.1, 0.15) is 56.2 Å². The van der Waals surface area contributed by atoms with Crippen LogP contribution in [0.4, 0.5) is 0 Å². The number of hydrogen-bond donors (Lipinski definition) is 2. The van der Waals surface area contributed by atoms with E-state index in [9.17, 15) is 9.59 Å². The smallest absolute Gasteiger partial charge is 0.303 e. The zero-order chi connectivity index (χ0) is 15.6. The average molecular weight is 293 g/mol. The largest absolute Gasteiger partial charge is 0.481 e. The lowest BCUT2D eigenvalue weighted by Gasteiger charge is -2.30. The molecule has 1 aliphatic rings. The third-order valence-corrected chi connectivity index (χ3v) is 3.97. The van der Waals surface area contributed by atoms with E-state index in [0.29, 0.717) is 18.8 Å². The number of carboxylic acid groups (broad SMARTS) is 1. The van der Waals surface area contributed by atoms with Crippen molar-refractivity contribution in [2.45, 2.75) is 45.4 Å². The monoisotopic (exact) mass is 293 g/mol. The topological polar surface area (TPSA) is 86.3 Å². The molecule has 0 aliphatic carbocycles. The normalized spacial score (nSPS) is 17.0. The highest BCUT2D eigenvalue weighted by Gasteiger charge is 2.27. The van der Waals surface area contributed by atoms with Crippen molar-refractivity contribution in [2.75, 3.05) is 13.1 Å². The molecule has 0 bridgehead atoms. The molecule has 116 valence electrons. The standard InChI is InChI=1S/C15H23N3O3/c1-15(2,3)12-9-11(16-17-12)14(21)18-6-4-10(5-7-18)8-13(19)20/h9-10H,4-8H2,1-3H3,(H,16,17)(H,19,20). The summed E-state index contributed by atoms with van der Waals surface area (Å²) in [6.45, 7) is 7.40. The number of hydrogen-bond acceptors (Lipinski definition) is 3. The number of aromatic nitrogens is 2. The van der Waals surface area contributed by atoms with Gasteiger partial charge in [0.2, 0.25) is 0 Å². The number of piperidine rings is 1. The van der Waals surface area contributed by atoms with Gasteiger partial charge in [0.25, 0.3) is 5.91 Å². The number of carboxylic acids is 1. The molecule has 0 aromatic carbocycles. The summed E-state index contributed by atoms with van der Waals surface area (Å²) in [5.74, 6) is -0.659. The van der Waals surface area contributed by atoms with Crippen LogP contribution < -0.4 is 0 Å². The SMILES string of the molecule is CC(C)(C)c1cc(C(=O)N2CCC(CC(=O)O)CC2)n[nH]1. The molecular formula is C15H23N3O3. The first-order chi connectivity index (χ1) is 9.77. The maximum Gasteiger partial charge on any atom is 0.303 e. The van der Waals surface area contributed by atoms with Crippen LogP contribution in [0.5, 0.6) is 0 Å². The Bertz CT molecular complexity index is 523. The molecule has 1 aromatic rings. The number of likely N-dealkylation sites (tertiary alicyclic amines) is 1. The van der Waals surface area contributed by atoms with Gasteiger partial charge in [0, 0.05) is 30.6 Å². The Morgan fingerprint density at radius 1 is 1.38 bits per heavy atom. The van der Waals surface area contributed by atoms with Crippen molar-refractivity contribution in [1.29, 1.82) is 0 Å². The van der Waals surface area contributed by atoms with E-state index in [0.717, 1.165) is 18.5 Å². The van der Waals surface area contributed by atoms with Gasteiger partial charge in [0.15, 0.2) is 0 Å². The molecule has 6 nitrogen and oxygen atoms in total. The lowest BCUT2D eigenvalue weighted by molar-refractivity contribution is -0.138. The van der Waals surface area contributed by atoms with Gasteiger partial charge in [-0.25, -0.2) is 0 Å². The van der Waals surface area contributed by atoms with Crippen LogP contribution in [0.2, 0.25) is 0 Å². The number of nitrogens with one attached hydrogen (secondary N) is 1. The lowest BCUT2D eigenvalue weighted by Crippen LogP contribution is -2.39. The van der Waals surface area contributed by atoms with E-state index in [1.807, 2.05) is 6.07 Å². The molecule has 1 aliphatic heterocycles. The summed E-state index contributed by atoms with van der Waals surface area (Å²) in [7, 11) is 0. The van der Waals surface area contributed by atoms with Crippen LogP contribution in [0, 0.1) is 5.92 Å². The summed E-state index contributed by atoms with van der Waals surface area (Å²) >= 11 is 0. The fourth-order valence-electron chi connectivity index (χ4n) is 2.56. The van der Waals surface area contributed by atoms with Gasteiger partial charge < -0.3 is 10.0 Å². The van der Waals surface area contributed by atoms with Crippen LogP contribution in [0.15, 0.2) is 6.07 Å². The lowest BCUT2D eigenvalue weighted by atomic mass is 9.92. The molecule has 2 heterocycles. The van der Waals surface area contributed by atoms with Gasteiger partial charge in [0.05, 0.1) is 0 Å². The summed E-state index contributed by atoms with van der Waals surface area (Å²) < 4.78 is 0. The Balaban J connectivity index is 1.96. The van der Waals surface area contributed by atoms with E-state index in [1.165, 1.54) is 0 Å². The fourth-order valence-corrected chi connectivity index (χ4v) is 2.56. The zero-order valence-corrected chi connectivity index (χ0v) is 12.8. The number of carbonyl (C=O) groups is 2.